The first-order chi connectivity index (χ1) is 9.86. The molecule has 8 heteroatoms. The Kier molecular flexibility index (Phi) is 5.98. The standard InChI is InChI=1S/C13H19NO6S/c1-4-14(8-7-13(15)16)21(17,18)12-6-5-10(19-2)9-11(12)20-3/h5-6,9H,4,7-8H2,1-3H3,(H,15,16). The van der Waals surface area contributed by atoms with Crippen molar-refractivity contribution < 1.29 is 27.8 Å². The van der Waals surface area contributed by atoms with Gasteiger partial charge in [-0.1, -0.05) is 6.92 Å². The quantitative estimate of drug-likeness (QED) is 0.774. The lowest BCUT2D eigenvalue weighted by Crippen LogP contribution is -2.33. The molecule has 0 fully saturated rings. The molecule has 0 aliphatic rings. The van der Waals surface area contributed by atoms with Crippen LogP contribution in [-0.2, 0) is 14.8 Å². The van der Waals surface area contributed by atoms with Gasteiger partial charge in [-0.3, -0.25) is 4.79 Å². The van der Waals surface area contributed by atoms with Gasteiger partial charge in [0.15, 0.2) is 0 Å². The summed E-state index contributed by atoms with van der Waals surface area (Å²) in [5, 5.41) is 8.70. The Balaban J connectivity index is 3.18. The van der Waals surface area contributed by atoms with Crippen molar-refractivity contribution in [1.82, 2.24) is 4.31 Å². The largest absolute Gasteiger partial charge is 0.497 e. The minimum absolute atomic E-state index is 0.0157. The van der Waals surface area contributed by atoms with Crippen molar-refractivity contribution in [3.63, 3.8) is 0 Å². The van der Waals surface area contributed by atoms with Crippen LogP contribution in [-0.4, -0.2) is 51.1 Å². The fraction of sp³-hybridized carbons (Fsp3) is 0.462. The zero-order valence-electron chi connectivity index (χ0n) is 12.2. The van der Waals surface area contributed by atoms with Crippen molar-refractivity contribution in [3.8, 4) is 11.5 Å². The van der Waals surface area contributed by atoms with Crippen LogP contribution in [0.3, 0.4) is 0 Å². The molecule has 0 aliphatic carbocycles. The van der Waals surface area contributed by atoms with E-state index in [1.807, 2.05) is 0 Å². The van der Waals surface area contributed by atoms with Crippen LogP contribution in [0.15, 0.2) is 23.1 Å². The number of benzene rings is 1. The Hall–Kier alpha value is -1.80. The van der Waals surface area contributed by atoms with E-state index < -0.39 is 16.0 Å². The van der Waals surface area contributed by atoms with Gasteiger partial charge in [-0.25, -0.2) is 8.42 Å². The molecular weight excluding hydrogens is 298 g/mol. The van der Waals surface area contributed by atoms with Gasteiger partial charge < -0.3 is 14.6 Å². The smallest absolute Gasteiger partial charge is 0.304 e. The van der Waals surface area contributed by atoms with E-state index in [-0.39, 0.29) is 30.2 Å². The Bertz CT molecular complexity index is 599. The first-order valence-electron chi connectivity index (χ1n) is 6.30. The molecule has 7 nitrogen and oxygen atoms in total. The molecule has 0 spiro atoms. The van der Waals surface area contributed by atoms with Crippen LogP contribution in [0.1, 0.15) is 13.3 Å². The predicted octanol–water partition coefficient (Wildman–Crippen LogP) is 1.19. The maximum Gasteiger partial charge on any atom is 0.304 e. The Morgan fingerprint density at radius 2 is 1.95 bits per heavy atom. The number of ether oxygens (including phenoxy) is 2. The average Bonchev–Trinajstić information content (AvgIpc) is 2.46. The normalized spacial score (nSPS) is 11.4. The molecule has 0 bridgehead atoms. The molecule has 0 saturated heterocycles. The molecule has 0 saturated carbocycles. The Morgan fingerprint density at radius 3 is 2.43 bits per heavy atom. The van der Waals surface area contributed by atoms with Crippen LogP contribution in [0.2, 0.25) is 0 Å². The van der Waals surface area contributed by atoms with Gasteiger partial charge in [0.25, 0.3) is 0 Å². The summed E-state index contributed by atoms with van der Waals surface area (Å²) in [5.41, 5.74) is 0. The number of carbonyl (C=O) groups is 1. The van der Waals surface area contributed by atoms with Crippen LogP contribution in [0.5, 0.6) is 11.5 Å². The average molecular weight is 317 g/mol. The molecule has 1 aromatic rings. The van der Waals surface area contributed by atoms with Crippen LogP contribution in [0, 0.1) is 0 Å². The molecule has 118 valence electrons. The van der Waals surface area contributed by atoms with Gasteiger partial charge in [0.05, 0.1) is 20.6 Å². The molecule has 0 radical (unpaired) electrons. The third-order valence-corrected chi connectivity index (χ3v) is 4.93. The summed E-state index contributed by atoms with van der Waals surface area (Å²) in [5.74, 6) is -0.423. The van der Waals surface area contributed by atoms with E-state index in [0.717, 1.165) is 4.31 Å². The van der Waals surface area contributed by atoms with Gasteiger partial charge in [0.1, 0.15) is 16.4 Å². The zero-order chi connectivity index (χ0) is 16.0. The minimum Gasteiger partial charge on any atom is -0.497 e. The highest BCUT2D eigenvalue weighted by molar-refractivity contribution is 7.89. The number of hydrogen-bond donors (Lipinski definition) is 1. The summed E-state index contributed by atoms with van der Waals surface area (Å²) < 4.78 is 36.4. The first-order valence-corrected chi connectivity index (χ1v) is 7.74. The number of rotatable bonds is 8. The third kappa shape index (κ3) is 4.08. The van der Waals surface area contributed by atoms with Crippen LogP contribution < -0.4 is 9.47 Å². The van der Waals surface area contributed by atoms with Crippen LogP contribution in [0.25, 0.3) is 0 Å². The van der Waals surface area contributed by atoms with Crippen molar-refractivity contribution in [2.75, 3.05) is 27.3 Å². The number of nitrogens with zero attached hydrogens (tertiary/aromatic N) is 1. The SMILES string of the molecule is CCN(CCC(=O)O)S(=O)(=O)c1ccc(OC)cc1OC. The Morgan fingerprint density at radius 1 is 1.29 bits per heavy atom. The van der Waals surface area contributed by atoms with Gasteiger partial charge in [0, 0.05) is 19.2 Å². The number of sulfonamides is 1. The lowest BCUT2D eigenvalue weighted by Gasteiger charge is -2.21. The zero-order valence-corrected chi connectivity index (χ0v) is 13.0. The second-order valence-corrected chi connectivity index (χ2v) is 6.06. The lowest BCUT2D eigenvalue weighted by molar-refractivity contribution is -0.137. The van der Waals surface area contributed by atoms with Crippen molar-refractivity contribution >= 4 is 16.0 Å². The summed E-state index contributed by atoms with van der Waals surface area (Å²) in [6.45, 7) is 1.73. The van der Waals surface area contributed by atoms with Gasteiger partial charge in [-0.05, 0) is 12.1 Å². The number of methoxy groups -OCH3 is 2. The van der Waals surface area contributed by atoms with Crippen LogP contribution >= 0.6 is 0 Å². The molecule has 0 aliphatic heterocycles. The number of hydrogen-bond acceptors (Lipinski definition) is 5. The molecule has 0 heterocycles. The van der Waals surface area contributed by atoms with E-state index in [2.05, 4.69) is 0 Å². The van der Waals surface area contributed by atoms with E-state index in [4.69, 9.17) is 14.6 Å². The van der Waals surface area contributed by atoms with E-state index in [1.54, 1.807) is 6.92 Å². The molecule has 21 heavy (non-hydrogen) atoms. The van der Waals surface area contributed by atoms with Crippen molar-refractivity contribution in [2.45, 2.75) is 18.2 Å². The second kappa shape index (κ2) is 7.28. The van der Waals surface area contributed by atoms with Crippen molar-refractivity contribution in [2.24, 2.45) is 0 Å². The lowest BCUT2D eigenvalue weighted by atomic mass is 10.3. The second-order valence-electron chi connectivity index (χ2n) is 4.16. The number of carboxylic acids is 1. The summed E-state index contributed by atoms with van der Waals surface area (Å²) in [7, 11) is -0.996. The maximum absolute atomic E-state index is 12.6. The van der Waals surface area contributed by atoms with Crippen LogP contribution in [0.4, 0.5) is 0 Å². The molecule has 0 aromatic heterocycles. The molecule has 0 atom stereocenters. The van der Waals surface area contributed by atoms with Crippen molar-refractivity contribution in [3.05, 3.63) is 18.2 Å². The maximum atomic E-state index is 12.6. The first kappa shape index (κ1) is 17.3. The van der Waals surface area contributed by atoms with E-state index in [9.17, 15) is 13.2 Å². The van der Waals surface area contributed by atoms with Crippen molar-refractivity contribution in [1.29, 1.82) is 0 Å². The summed E-state index contributed by atoms with van der Waals surface area (Å²) in [6.07, 6.45) is -0.258. The molecule has 1 rings (SSSR count). The Labute approximate surface area is 124 Å². The number of carboxylic acid groups (broad SMARTS) is 1. The minimum atomic E-state index is -3.83. The van der Waals surface area contributed by atoms with E-state index >= 15 is 0 Å². The third-order valence-electron chi connectivity index (χ3n) is 2.92. The molecule has 0 unspecified atom stereocenters. The summed E-state index contributed by atoms with van der Waals surface area (Å²) >= 11 is 0. The fourth-order valence-corrected chi connectivity index (χ4v) is 3.38. The van der Waals surface area contributed by atoms with Gasteiger partial charge in [-0.2, -0.15) is 4.31 Å². The van der Waals surface area contributed by atoms with Gasteiger partial charge in [-0.15, -0.1) is 0 Å². The summed E-state index contributed by atoms with van der Waals surface area (Å²) in [4.78, 5) is 10.6. The van der Waals surface area contributed by atoms with Gasteiger partial charge in [0.2, 0.25) is 10.0 Å². The monoisotopic (exact) mass is 317 g/mol. The fourth-order valence-electron chi connectivity index (χ4n) is 1.80. The molecule has 1 N–H and O–H groups in total. The molecular formula is C13H19NO6S. The van der Waals surface area contributed by atoms with E-state index in [0.29, 0.717) is 5.75 Å². The highest BCUT2D eigenvalue weighted by Gasteiger charge is 2.27. The highest BCUT2D eigenvalue weighted by atomic mass is 32.2. The number of aliphatic carboxylic acids is 1. The highest BCUT2D eigenvalue weighted by Crippen LogP contribution is 2.30. The topological polar surface area (TPSA) is 93.1 Å². The van der Waals surface area contributed by atoms with E-state index in [1.165, 1.54) is 32.4 Å². The predicted molar refractivity (Wildman–Crippen MR) is 76.2 cm³/mol. The molecule has 1 aromatic carbocycles. The molecule has 0 amide bonds. The van der Waals surface area contributed by atoms with Gasteiger partial charge >= 0.3 is 5.97 Å². The summed E-state index contributed by atoms with van der Waals surface area (Å²) in [6, 6.07) is 4.37.